The molecule has 0 spiro atoms. The van der Waals surface area contributed by atoms with Gasteiger partial charge in [-0.05, 0) is 19.4 Å². The van der Waals surface area contributed by atoms with E-state index >= 15 is 0 Å². The lowest BCUT2D eigenvalue weighted by atomic mass is 9.91. The molecule has 0 fully saturated rings. The van der Waals surface area contributed by atoms with E-state index in [4.69, 9.17) is 0 Å². The van der Waals surface area contributed by atoms with Crippen molar-refractivity contribution in [1.82, 2.24) is 0 Å². The average Bonchev–Trinajstić information content (AvgIpc) is 2.15. The van der Waals surface area contributed by atoms with Gasteiger partial charge in [0.2, 0.25) is 0 Å². The Bertz CT molecular complexity index is 372. The molecule has 0 bridgehead atoms. The lowest BCUT2D eigenvalue weighted by Crippen LogP contribution is -2.25. The van der Waals surface area contributed by atoms with E-state index in [9.17, 15) is 18.3 Å². The molecule has 2 nitrogen and oxygen atoms in total. The molecule has 0 aromatic heterocycles. The molecule has 0 heterocycles. The van der Waals surface area contributed by atoms with Crippen LogP contribution in [0, 0.1) is 0 Å². The first-order valence-electron chi connectivity index (χ1n) is 5.34. The van der Waals surface area contributed by atoms with E-state index in [1.165, 1.54) is 25.1 Å². The Balaban J connectivity index is 3.07. The van der Waals surface area contributed by atoms with Crippen molar-refractivity contribution in [2.75, 3.05) is 0 Å². The summed E-state index contributed by atoms with van der Waals surface area (Å²) in [7, 11) is 0. The number of alkyl halides is 3. The maximum atomic E-state index is 12.2. The quantitative estimate of drug-likeness (QED) is 0.882. The summed E-state index contributed by atoms with van der Waals surface area (Å²) in [6.07, 6.45) is -3.73. The van der Waals surface area contributed by atoms with Gasteiger partial charge in [-0.25, -0.2) is 0 Å². The van der Waals surface area contributed by atoms with Crippen molar-refractivity contribution in [1.29, 1.82) is 0 Å². The molecule has 0 saturated heterocycles. The van der Waals surface area contributed by atoms with Crippen LogP contribution in [-0.4, -0.2) is 11.5 Å². The van der Waals surface area contributed by atoms with Crippen molar-refractivity contribution in [3.8, 4) is 5.75 Å². The van der Waals surface area contributed by atoms with Gasteiger partial charge in [-0.2, -0.15) is 0 Å². The lowest BCUT2D eigenvalue weighted by Gasteiger charge is -2.25. The molecule has 1 rings (SSSR count). The Morgan fingerprint density at radius 3 is 2.35 bits per heavy atom. The van der Waals surface area contributed by atoms with Crippen LogP contribution >= 0.6 is 0 Å². The number of hydrogen-bond donors (Lipinski definition) is 1. The van der Waals surface area contributed by atoms with Crippen molar-refractivity contribution in [3.05, 3.63) is 29.8 Å². The number of para-hydroxylation sites is 1. The Morgan fingerprint density at radius 1 is 1.24 bits per heavy atom. The minimum atomic E-state index is -4.75. The van der Waals surface area contributed by atoms with Gasteiger partial charge in [0.15, 0.2) is 0 Å². The van der Waals surface area contributed by atoms with Crippen molar-refractivity contribution in [2.24, 2.45) is 0 Å². The zero-order valence-electron chi connectivity index (χ0n) is 9.71. The van der Waals surface area contributed by atoms with E-state index < -0.39 is 12.0 Å². The number of halogens is 3. The van der Waals surface area contributed by atoms with Gasteiger partial charge < -0.3 is 9.84 Å². The van der Waals surface area contributed by atoms with Crippen LogP contribution in [0.1, 0.15) is 32.3 Å². The Morgan fingerprint density at radius 2 is 1.82 bits per heavy atom. The van der Waals surface area contributed by atoms with E-state index in [2.05, 4.69) is 4.74 Å². The van der Waals surface area contributed by atoms with Gasteiger partial charge in [0.1, 0.15) is 5.75 Å². The Kier molecular flexibility index (Phi) is 4.03. The third kappa shape index (κ3) is 3.93. The second-order valence-corrected chi connectivity index (χ2v) is 4.07. The van der Waals surface area contributed by atoms with Crippen LogP contribution in [0.2, 0.25) is 0 Å². The zero-order chi connectivity index (χ0) is 13.1. The Labute approximate surface area is 98.0 Å². The van der Waals surface area contributed by atoms with Crippen LogP contribution in [0.3, 0.4) is 0 Å². The molecular formula is C12H15F3O2. The van der Waals surface area contributed by atoms with Gasteiger partial charge >= 0.3 is 6.36 Å². The maximum Gasteiger partial charge on any atom is 0.573 e. The number of ether oxygens (including phenoxy) is 1. The first-order chi connectivity index (χ1) is 7.76. The number of benzene rings is 1. The van der Waals surface area contributed by atoms with Crippen LogP contribution in [0.5, 0.6) is 5.75 Å². The number of aliphatic hydroxyl groups is 1. The monoisotopic (exact) mass is 248 g/mol. The van der Waals surface area contributed by atoms with E-state index in [0.29, 0.717) is 12.8 Å². The first-order valence-corrected chi connectivity index (χ1v) is 5.34. The number of hydrogen-bond acceptors (Lipinski definition) is 2. The molecule has 1 N–H and O–H groups in total. The van der Waals surface area contributed by atoms with Crippen molar-refractivity contribution in [3.63, 3.8) is 0 Å². The summed E-state index contributed by atoms with van der Waals surface area (Å²) < 4.78 is 40.5. The van der Waals surface area contributed by atoms with Gasteiger partial charge in [0, 0.05) is 5.56 Å². The molecule has 0 saturated carbocycles. The standard InChI is InChI=1S/C12H15F3O2/c1-3-8-11(2,16)9-6-4-5-7-10(9)17-12(13,14)15/h4-7,16H,3,8H2,1-2H3. The topological polar surface area (TPSA) is 29.5 Å². The van der Waals surface area contributed by atoms with Crippen molar-refractivity contribution < 1.29 is 23.0 Å². The molecule has 0 radical (unpaired) electrons. The highest BCUT2D eigenvalue weighted by atomic mass is 19.4. The third-order valence-electron chi connectivity index (χ3n) is 2.43. The van der Waals surface area contributed by atoms with E-state index in [1.807, 2.05) is 6.92 Å². The molecule has 17 heavy (non-hydrogen) atoms. The first kappa shape index (κ1) is 13.8. The summed E-state index contributed by atoms with van der Waals surface area (Å²) in [5.41, 5.74) is -1.17. The summed E-state index contributed by atoms with van der Waals surface area (Å²) >= 11 is 0. The highest BCUT2D eigenvalue weighted by Gasteiger charge is 2.34. The molecule has 5 heteroatoms. The summed E-state index contributed by atoms with van der Waals surface area (Å²) in [6, 6.07) is 5.65. The van der Waals surface area contributed by atoms with E-state index in [1.54, 1.807) is 6.07 Å². The molecule has 1 aromatic rings. The third-order valence-corrected chi connectivity index (χ3v) is 2.43. The summed E-state index contributed by atoms with van der Waals surface area (Å²) in [6.45, 7) is 3.33. The van der Waals surface area contributed by atoms with Crippen LogP contribution in [-0.2, 0) is 5.60 Å². The minimum absolute atomic E-state index is 0.152. The lowest BCUT2D eigenvalue weighted by molar-refractivity contribution is -0.275. The second kappa shape index (κ2) is 4.96. The maximum absolute atomic E-state index is 12.2. The summed E-state index contributed by atoms with van der Waals surface area (Å²) in [5.74, 6) is -0.349. The molecule has 1 aromatic carbocycles. The molecule has 0 aliphatic carbocycles. The molecule has 1 unspecified atom stereocenters. The van der Waals surface area contributed by atoms with Crippen molar-refractivity contribution in [2.45, 2.75) is 38.7 Å². The van der Waals surface area contributed by atoms with Gasteiger partial charge in [-0.1, -0.05) is 31.5 Å². The molecule has 0 aliphatic rings. The molecular weight excluding hydrogens is 233 g/mol. The highest BCUT2D eigenvalue weighted by molar-refractivity contribution is 5.37. The fourth-order valence-electron chi connectivity index (χ4n) is 1.75. The second-order valence-electron chi connectivity index (χ2n) is 4.07. The van der Waals surface area contributed by atoms with Gasteiger partial charge in [-0.3, -0.25) is 0 Å². The normalized spacial score (nSPS) is 15.4. The van der Waals surface area contributed by atoms with Gasteiger partial charge in [0.05, 0.1) is 5.60 Å². The van der Waals surface area contributed by atoms with Crippen LogP contribution in [0.4, 0.5) is 13.2 Å². The zero-order valence-corrected chi connectivity index (χ0v) is 9.71. The minimum Gasteiger partial charge on any atom is -0.405 e. The SMILES string of the molecule is CCCC(C)(O)c1ccccc1OC(F)(F)F. The summed E-state index contributed by atoms with van der Waals surface area (Å²) in [4.78, 5) is 0. The highest BCUT2D eigenvalue weighted by Crippen LogP contribution is 2.35. The average molecular weight is 248 g/mol. The predicted octanol–water partition coefficient (Wildman–Crippen LogP) is 3.59. The molecule has 0 aliphatic heterocycles. The smallest absolute Gasteiger partial charge is 0.405 e. The summed E-state index contributed by atoms with van der Waals surface area (Å²) in [5, 5.41) is 10.1. The van der Waals surface area contributed by atoms with Crippen LogP contribution in [0.25, 0.3) is 0 Å². The van der Waals surface area contributed by atoms with Crippen LogP contribution in [0.15, 0.2) is 24.3 Å². The molecule has 0 amide bonds. The fraction of sp³-hybridized carbons (Fsp3) is 0.500. The van der Waals surface area contributed by atoms with E-state index in [0.717, 1.165) is 0 Å². The fourth-order valence-corrected chi connectivity index (χ4v) is 1.75. The molecule has 1 atom stereocenters. The van der Waals surface area contributed by atoms with Gasteiger partial charge in [0.25, 0.3) is 0 Å². The predicted molar refractivity (Wildman–Crippen MR) is 57.6 cm³/mol. The van der Waals surface area contributed by atoms with E-state index in [-0.39, 0.29) is 11.3 Å². The Hall–Kier alpha value is -1.23. The van der Waals surface area contributed by atoms with Crippen LogP contribution < -0.4 is 4.74 Å². The van der Waals surface area contributed by atoms with Gasteiger partial charge in [-0.15, -0.1) is 13.2 Å². The van der Waals surface area contributed by atoms with Crippen molar-refractivity contribution >= 4 is 0 Å². The largest absolute Gasteiger partial charge is 0.573 e. The number of rotatable bonds is 4. The molecule has 96 valence electrons.